The molecule has 0 aliphatic rings. The van der Waals surface area contributed by atoms with E-state index in [0.717, 1.165) is 13.8 Å². The molecule has 2 atom stereocenters. The monoisotopic (exact) mass is 242 g/mol. The largest absolute Gasteiger partial charge is 1.00 e. The summed E-state index contributed by atoms with van der Waals surface area (Å²) in [5, 5.41) is 34.6. The molecule has 0 saturated carbocycles. The van der Waals surface area contributed by atoms with Gasteiger partial charge in [-0.2, -0.15) is 0 Å². The molecule has 0 amide bonds. The molecule has 9 heteroatoms. The molecule has 4 N–H and O–H groups in total. The number of hydrogen-bond donors (Lipinski definition) is 2. The first-order valence-electron chi connectivity index (χ1n) is 3.06. The van der Waals surface area contributed by atoms with Gasteiger partial charge in [-0.25, -0.2) is 0 Å². The van der Waals surface area contributed by atoms with Gasteiger partial charge in [0.25, 0.3) is 0 Å². The third-order valence-corrected chi connectivity index (χ3v) is 0.682. The molecule has 15 heavy (non-hydrogen) atoms. The number of carbonyl (C=O) groups excluding carboxylic acids is 2. The Hall–Kier alpha value is 0.820. The molecule has 0 bridgehead atoms. The fraction of sp³-hybridized carbons (Fsp3) is 0.667. The quantitative estimate of drug-likeness (QED) is 0.458. The Kier molecular flexibility index (Phi) is 34.1. The fourth-order valence-electron chi connectivity index (χ4n) is 0. The summed E-state index contributed by atoms with van der Waals surface area (Å²) >= 11 is 0. The number of aliphatic hydroxyl groups is 2. The van der Waals surface area contributed by atoms with Gasteiger partial charge in [-0.3, -0.25) is 0 Å². The van der Waals surface area contributed by atoms with Crippen LogP contribution in [0.5, 0.6) is 0 Å². The van der Waals surface area contributed by atoms with Gasteiger partial charge in [-0.1, -0.05) is 0 Å². The van der Waals surface area contributed by atoms with Crippen LogP contribution in [0.3, 0.4) is 0 Å². The number of aliphatic hydroxyl groups excluding tert-OH is 2. The van der Waals surface area contributed by atoms with Crippen molar-refractivity contribution in [3.05, 3.63) is 0 Å². The molecule has 0 aliphatic heterocycles. The summed E-state index contributed by atoms with van der Waals surface area (Å²) < 4.78 is 0. The van der Waals surface area contributed by atoms with Gasteiger partial charge in [0.1, 0.15) is 0 Å². The molecule has 0 aliphatic carbocycles. The van der Waals surface area contributed by atoms with E-state index in [-0.39, 0.29) is 64.6 Å². The van der Waals surface area contributed by atoms with Gasteiger partial charge in [0.2, 0.25) is 0 Å². The van der Waals surface area contributed by atoms with Crippen LogP contribution in [0.1, 0.15) is 13.8 Å². The third-order valence-electron chi connectivity index (χ3n) is 0.682. The summed E-state index contributed by atoms with van der Waals surface area (Å²) in [6.45, 7) is 2.27. The molecule has 0 spiro atoms. The van der Waals surface area contributed by atoms with Crippen molar-refractivity contribution in [2.45, 2.75) is 26.1 Å². The molecule has 0 rings (SSSR count). The van der Waals surface area contributed by atoms with E-state index >= 15 is 0 Å². The van der Waals surface area contributed by atoms with E-state index in [1.54, 1.807) is 0 Å². The van der Waals surface area contributed by atoms with Crippen molar-refractivity contribution in [1.82, 2.24) is 0 Å². The zero-order chi connectivity index (χ0) is 10.3. The minimum absolute atomic E-state index is 0. The van der Waals surface area contributed by atoms with Crippen LogP contribution < -0.4 is 69.3 Å². The van der Waals surface area contributed by atoms with Crippen LogP contribution in [-0.4, -0.2) is 39.8 Å². The molecule has 80 valence electrons. The summed E-state index contributed by atoms with van der Waals surface area (Å²) in [5.74, 6) is -2.87. The van der Waals surface area contributed by atoms with Crippen molar-refractivity contribution in [1.29, 1.82) is 0 Å². The van der Waals surface area contributed by atoms with Gasteiger partial charge in [-0.05, 0) is 13.8 Å². The van der Waals surface area contributed by atoms with Gasteiger partial charge in [0, 0.05) is 0 Å². The first kappa shape index (κ1) is 29.7. The Bertz CT molecular complexity index is 142. The maximum atomic E-state index is 9.34. The van der Waals surface area contributed by atoms with E-state index in [0.29, 0.717) is 0 Å². The average Bonchev–Trinajstić information content (AvgIpc) is 1.88. The summed E-state index contributed by atoms with van der Waals surface area (Å²) in [6.07, 6.45) is -2.69. The molecule has 0 fully saturated rings. The predicted molar refractivity (Wildman–Crippen MR) is 37.0 cm³/mol. The Morgan fingerprint density at radius 1 is 0.933 bits per heavy atom. The molecule has 0 saturated heterocycles. The van der Waals surface area contributed by atoms with Gasteiger partial charge in [-0.15, -0.1) is 0 Å². The summed E-state index contributed by atoms with van der Waals surface area (Å²) in [5.41, 5.74) is 0. The van der Waals surface area contributed by atoms with Gasteiger partial charge in [0.15, 0.2) is 0 Å². The Morgan fingerprint density at radius 2 is 1.00 bits per heavy atom. The molecule has 2 unspecified atom stereocenters. The summed E-state index contributed by atoms with van der Waals surface area (Å²) in [4.78, 5) is 18.7. The zero-order valence-electron chi connectivity index (χ0n) is 9.18. The second-order valence-electron chi connectivity index (χ2n) is 1.99. The number of hydrogen-bond acceptors (Lipinski definition) is 6. The third kappa shape index (κ3) is 31.3. The number of rotatable bonds is 2. The van der Waals surface area contributed by atoms with Crippen LogP contribution in [0.4, 0.5) is 0 Å². The smallest absolute Gasteiger partial charge is 0.547 e. The molecule has 0 aromatic carbocycles. The van der Waals surface area contributed by atoms with Crippen molar-refractivity contribution >= 4 is 11.9 Å². The standard InChI is InChI=1S/2C3H6O3.2Na.H2O/c2*1-2(4)3(5)6;;;/h2*2,4H,1H3,(H,5,6);;;1H2/q;;2*+1;/p-2. The SMILES string of the molecule is CC(O)C(=O)[O-].CC(O)C(=O)[O-].O.[Na+].[Na+]. The molecule has 0 heterocycles. The second kappa shape index (κ2) is 17.2. The van der Waals surface area contributed by atoms with Crippen LogP contribution >= 0.6 is 0 Å². The predicted octanol–water partition coefficient (Wildman–Crippen LogP) is -10.6. The minimum Gasteiger partial charge on any atom is -0.547 e. The Labute approximate surface area is 131 Å². The maximum absolute atomic E-state index is 9.34. The van der Waals surface area contributed by atoms with Crippen LogP contribution in [0.15, 0.2) is 0 Å². The number of carboxylic acids is 2. The molecular formula is C6H12Na2O7. The van der Waals surface area contributed by atoms with Crippen LogP contribution in [0, 0.1) is 0 Å². The summed E-state index contributed by atoms with van der Waals surface area (Å²) in [7, 11) is 0. The van der Waals surface area contributed by atoms with E-state index in [1.165, 1.54) is 0 Å². The zero-order valence-corrected chi connectivity index (χ0v) is 13.2. The number of carbonyl (C=O) groups is 2. The van der Waals surface area contributed by atoms with Gasteiger partial charge >= 0.3 is 59.1 Å². The first-order valence-corrected chi connectivity index (χ1v) is 3.06. The van der Waals surface area contributed by atoms with Gasteiger partial charge in [0.05, 0.1) is 24.1 Å². The van der Waals surface area contributed by atoms with E-state index in [1.807, 2.05) is 0 Å². The average molecular weight is 242 g/mol. The van der Waals surface area contributed by atoms with Crippen molar-refractivity contribution < 1.29 is 94.6 Å². The van der Waals surface area contributed by atoms with E-state index in [2.05, 4.69) is 0 Å². The number of aliphatic carboxylic acids is 2. The maximum Gasteiger partial charge on any atom is 1.00 e. The van der Waals surface area contributed by atoms with Crippen LogP contribution in [-0.2, 0) is 9.59 Å². The van der Waals surface area contributed by atoms with Crippen LogP contribution in [0.2, 0.25) is 0 Å². The van der Waals surface area contributed by atoms with E-state index in [4.69, 9.17) is 10.2 Å². The van der Waals surface area contributed by atoms with Crippen LogP contribution in [0.25, 0.3) is 0 Å². The van der Waals surface area contributed by atoms with E-state index < -0.39 is 24.1 Å². The Morgan fingerprint density at radius 3 is 1.00 bits per heavy atom. The molecular weight excluding hydrogens is 230 g/mol. The van der Waals surface area contributed by atoms with Gasteiger partial charge < -0.3 is 35.5 Å². The second-order valence-corrected chi connectivity index (χ2v) is 1.99. The van der Waals surface area contributed by atoms with Crippen molar-refractivity contribution in [2.24, 2.45) is 0 Å². The molecule has 0 aromatic rings. The number of carboxylic acid groups (broad SMARTS) is 2. The van der Waals surface area contributed by atoms with Crippen molar-refractivity contribution in [3.8, 4) is 0 Å². The topological polar surface area (TPSA) is 152 Å². The summed E-state index contributed by atoms with van der Waals surface area (Å²) in [6, 6.07) is 0. The van der Waals surface area contributed by atoms with Crippen molar-refractivity contribution in [2.75, 3.05) is 0 Å². The first-order chi connectivity index (χ1) is 5.29. The molecule has 7 nitrogen and oxygen atoms in total. The fourth-order valence-corrected chi connectivity index (χ4v) is 0. The van der Waals surface area contributed by atoms with Crippen molar-refractivity contribution in [3.63, 3.8) is 0 Å². The minimum atomic E-state index is -1.44. The normalized spacial score (nSPS) is 10.9. The molecule has 0 radical (unpaired) electrons. The Balaban J connectivity index is -0.0000000370. The van der Waals surface area contributed by atoms with E-state index in [9.17, 15) is 19.8 Å². The molecule has 0 aromatic heterocycles.